The van der Waals surface area contributed by atoms with Crippen molar-refractivity contribution in [2.24, 2.45) is 5.73 Å². The molecule has 1 fully saturated rings. The van der Waals surface area contributed by atoms with E-state index in [1.807, 2.05) is 54.7 Å². The number of allylic oxidation sites excluding steroid dienone is 1. The molecule has 3 N–H and O–H groups in total. The minimum atomic E-state index is -0.252. The Morgan fingerprint density at radius 1 is 0.872 bits per heavy atom. The van der Waals surface area contributed by atoms with Crippen molar-refractivity contribution in [2.75, 3.05) is 26.7 Å². The Labute approximate surface area is 235 Å². The maximum Gasteiger partial charge on any atom is 0.123 e. The van der Waals surface area contributed by atoms with Crippen LogP contribution in [0.3, 0.4) is 0 Å². The summed E-state index contributed by atoms with van der Waals surface area (Å²) < 4.78 is 35.5. The van der Waals surface area contributed by atoms with Crippen LogP contribution in [0.25, 0.3) is 5.57 Å². The fourth-order valence-corrected chi connectivity index (χ4v) is 5.45. The highest BCUT2D eigenvalue weighted by Gasteiger charge is 2.19. The molecule has 1 aliphatic rings. The summed E-state index contributed by atoms with van der Waals surface area (Å²) in [5.41, 5.74) is 11.4. The van der Waals surface area contributed by atoms with Gasteiger partial charge in [0, 0.05) is 29.9 Å². The van der Waals surface area contributed by atoms with Crippen molar-refractivity contribution in [3.05, 3.63) is 113 Å². The molecule has 0 saturated carbocycles. The Morgan fingerprint density at radius 3 is 2.03 bits per heavy atom. The number of nitrogens with two attached hydrogens (primary N) is 1. The van der Waals surface area contributed by atoms with Crippen LogP contribution < -0.4 is 15.2 Å². The van der Waals surface area contributed by atoms with Crippen LogP contribution in [0, 0.1) is 11.6 Å². The van der Waals surface area contributed by atoms with E-state index in [2.05, 4.69) is 9.62 Å². The van der Waals surface area contributed by atoms with Crippen LogP contribution in [0.15, 0.2) is 95.2 Å². The molecule has 0 amide bonds. The van der Waals surface area contributed by atoms with Crippen LogP contribution in [0.5, 0.6) is 5.75 Å². The van der Waals surface area contributed by atoms with Crippen LogP contribution in [0.1, 0.15) is 49.7 Å². The van der Waals surface area contributed by atoms with Gasteiger partial charge in [0.1, 0.15) is 17.4 Å². The molecule has 3 aromatic carbocycles. The molecule has 7 heteroatoms. The van der Waals surface area contributed by atoms with Crippen molar-refractivity contribution in [3.8, 4) is 5.75 Å². The van der Waals surface area contributed by atoms with Gasteiger partial charge in [0.25, 0.3) is 0 Å². The van der Waals surface area contributed by atoms with Gasteiger partial charge in [-0.25, -0.2) is 8.78 Å². The predicted octanol–water partition coefficient (Wildman–Crippen LogP) is 7.53. The second kappa shape index (κ2) is 14.8. The summed E-state index contributed by atoms with van der Waals surface area (Å²) in [6.45, 7) is 3.07. The number of rotatable bonds is 12. The normalized spacial score (nSPS) is 14.3. The molecule has 39 heavy (non-hydrogen) atoms. The number of benzene rings is 3. The summed E-state index contributed by atoms with van der Waals surface area (Å²) in [6.07, 6.45) is 8.01. The second-order valence-corrected chi connectivity index (χ2v) is 10.7. The van der Waals surface area contributed by atoms with Crippen LogP contribution >= 0.6 is 11.9 Å². The van der Waals surface area contributed by atoms with E-state index in [9.17, 15) is 8.78 Å². The number of piperidine rings is 1. The topological polar surface area (TPSA) is 50.5 Å². The van der Waals surface area contributed by atoms with Crippen LogP contribution in [-0.2, 0) is 0 Å². The van der Waals surface area contributed by atoms with E-state index < -0.39 is 0 Å². The maximum atomic E-state index is 13.6. The largest absolute Gasteiger partial charge is 0.497 e. The van der Waals surface area contributed by atoms with Crippen molar-refractivity contribution in [2.45, 2.75) is 43.4 Å². The van der Waals surface area contributed by atoms with Gasteiger partial charge in [0.05, 0.1) is 7.11 Å². The maximum absolute atomic E-state index is 13.6. The lowest BCUT2D eigenvalue weighted by Crippen LogP contribution is -2.32. The third kappa shape index (κ3) is 8.87. The van der Waals surface area contributed by atoms with E-state index in [0.717, 1.165) is 91.2 Å². The summed E-state index contributed by atoms with van der Waals surface area (Å²) in [7, 11) is 1.66. The summed E-state index contributed by atoms with van der Waals surface area (Å²) in [6, 6.07) is 21.1. The average molecular weight is 550 g/mol. The van der Waals surface area contributed by atoms with E-state index in [1.54, 1.807) is 7.11 Å². The van der Waals surface area contributed by atoms with Crippen LogP contribution in [-0.4, -0.2) is 31.6 Å². The van der Waals surface area contributed by atoms with Crippen molar-refractivity contribution < 1.29 is 13.5 Å². The number of hydrogen-bond acceptors (Lipinski definition) is 5. The highest BCUT2D eigenvalue weighted by atomic mass is 32.2. The van der Waals surface area contributed by atoms with E-state index >= 15 is 0 Å². The number of likely N-dealkylation sites (tertiary alicyclic amines) is 1. The predicted molar refractivity (Wildman–Crippen MR) is 157 cm³/mol. The highest BCUT2D eigenvalue weighted by molar-refractivity contribution is 7.97. The molecule has 1 heterocycles. The van der Waals surface area contributed by atoms with Crippen molar-refractivity contribution in [3.63, 3.8) is 0 Å². The van der Waals surface area contributed by atoms with Gasteiger partial charge in [-0.15, -0.1) is 0 Å². The molecule has 1 saturated heterocycles. The zero-order chi connectivity index (χ0) is 27.5. The lowest BCUT2D eigenvalue weighted by molar-refractivity contribution is 0.251. The van der Waals surface area contributed by atoms with Crippen LogP contribution in [0.4, 0.5) is 8.78 Å². The fraction of sp³-hybridized carbons (Fsp3) is 0.312. The minimum absolute atomic E-state index is 0.252. The Bertz CT molecular complexity index is 1180. The molecule has 0 aliphatic carbocycles. The number of hydrogen-bond donors (Lipinski definition) is 2. The van der Waals surface area contributed by atoms with Gasteiger partial charge in [0.15, 0.2) is 0 Å². The molecule has 206 valence electrons. The number of halogens is 2. The van der Waals surface area contributed by atoms with E-state index in [4.69, 9.17) is 10.5 Å². The second-order valence-electron chi connectivity index (χ2n) is 9.76. The summed E-state index contributed by atoms with van der Waals surface area (Å²) in [5, 5.41) is 0. The first-order chi connectivity index (χ1) is 19.0. The van der Waals surface area contributed by atoms with Gasteiger partial charge < -0.3 is 20.1 Å². The van der Waals surface area contributed by atoms with E-state index in [-0.39, 0.29) is 11.6 Å². The van der Waals surface area contributed by atoms with E-state index in [0.29, 0.717) is 0 Å². The molecule has 0 radical (unpaired) electrons. The summed E-state index contributed by atoms with van der Waals surface area (Å²) in [4.78, 5) is 3.62. The molecule has 0 atom stereocenters. The molecule has 1 aliphatic heterocycles. The molecule has 3 aromatic rings. The van der Waals surface area contributed by atoms with Crippen molar-refractivity contribution in [1.82, 2.24) is 9.62 Å². The molecule has 4 rings (SSSR count). The number of methoxy groups -OCH3 is 1. The fourth-order valence-electron chi connectivity index (χ4n) is 4.84. The molecule has 0 bridgehead atoms. The lowest BCUT2D eigenvalue weighted by Gasteiger charge is -2.30. The van der Waals surface area contributed by atoms with Gasteiger partial charge in [0.2, 0.25) is 0 Å². The summed E-state index contributed by atoms with van der Waals surface area (Å²) >= 11 is 1.53. The number of ether oxygens (including phenoxy) is 1. The molecular formula is C32H37F2N3OS. The van der Waals surface area contributed by atoms with Crippen molar-refractivity contribution >= 4 is 17.5 Å². The minimum Gasteiger partial charge on any atom is -0.497 e. The SMILES string of the molecule is COc1ccc(SN/C=C(\N)CCCCCN2CCC(=C(c3ccc(F)cc3)c3ccc(F)cc3)CC2)cc1. The first-order valence-electron chi connectivity index (χ1n) is 13.5. The smallest absolute Gasteiger partial charge is 0.123 e. The van der Waals surface area contributed by atoms with Gasteiger partial charge in [-0.2, -0.15) is 0 Å². The highest BCUT2D eigenvalue weighted by Crippen LogP contribution is 2.33. The zero-order valence-electron chi connectivity index (χ0n) is 22.5. The monoisotopic (exact) mass is 549 g/mol. The quantitative estimate of drug-likeness (QED) is 0.181. The Kier molecular flexibility index (Phi) is 10.9. The molecular weight excluding hydrogens is 512 g/mol. The third-order valence-electron chi connectivity index (χ3n) is 7.00. The Morgan fingerprint density at radius 2 is 1.46 bits per heavy atom. The van der Waals surface area contributed by atoms with E-state index in [1.165, 1.54) is 41.8 Å². The van der Waals surface area contributed by atoms with Crippen LogP contribution in [0.2, 0.25) is 0 Å². The number of unbranched alkanes of at least 4 members (excludes halogenated alkanes) is 2. The Balaban J connectivity index is 1.20. The van der Waals surface area contributed by atoms with Gasteiger partial charge in [-0.3, -0.25) is 0 Å². The molecule has 0 spiro atoms. The zero-order valence-corrected chi connectivity index (χ0v) is 23.3. The van der Waals surface area contributed by atoms with Gasteiger partial charge in [-0.05, 0) is 116 Å². The van der Waals surface area contributed by atoms with Gasteiger partial charge >= 0.3 is 0 Å². The lowest BCUT2D eigenvalue weighted by atomic mass is 9.88. The molecule has 4 nitrogen and oxygen atoms in total. The number of nitrogens with one attached hydrogen (secondary N) is 1. The first-order valence-corrected chi connectivity index (χ1v) is 14.3. The Hall–Kier alpha value is -3.29. The molecule has 0 unspecified atom stereocenters. The first kappa shape index (κ1) is 28.7. The van der Waals surface area contributed by atoms with Crippen molar-refractivity contribution in [1.29, 1.82) is 0 Å². The number of nitrogens with zero attached hydrogens (tertiary/aromatic N) is 1. The third-order valence-corrected chi connectivity index (χ3v) is 7.74. The standard InChI is InChI=1S/C32H37F2N3OS/c1-38-30-14-16-31(17-15-30)39-36-23-29(35)5-3-2-4-20-37-21-18-26(19-22-37)32(24-6-10-27(33)11-7-24)25-8-12-28(34)13-9-25/h6-17,23,36H,2-5,18-22,35H2,1H3/b29-23-. The van der Waals surface area contributed by atoms with Gasteiger partial charge in [-0.1, -0.05) is 36.3 Å². The average Bonchev–Trinajstić information content (AvgIpc) is 2.96. The summed E-state index contributed by atoms with van der Waals surface area (Å²) in [5.74, 6) is 0.339. The molecule has 0 aromatic heterocycles.